The third kappa shape index (κ3) is 9.94. The van der Waals surface area contributed by atoms with Crippen molar-refractivity contribution < 1.29 is 23.5 Å². The molecule has 6 atom stereocenters. The van der Waals surface area contributed by atoms with Gasteiger partial charge in [0.1, 0.15) is 18.5 Å². The Bertz CT molecular complexity index is 787. The van der Waals surface area contributed by atoms with E-state index >= 15 is 0 Å². The summed E-state index contributed by atoms with van der Waals surface area (Å²) >= 11 is 0. The van der Waals surface area contributed by atoms with Gasteiger partial charge in [-0.1, -0.05) is 56.2 Å². The Kier molecular flexibility index (Phi) is 11.7. The van der Waals surface area contributed by atoms with Crippen LogP contribution in [0.2, 0.25) is 19.6 Å². The molecule has 0 aromatic heterocycles. The molecule has 0 aromatic rings. The number of carbonyl (C=O) groups excluding carboxylic acids is 2. The zero-order valence-corrected chi connectivity index (χ0v) is 23.2. The Morgan fingerprint density at radius 3 is 2.36 bits per heavy atom. The number of esters is 1. The molecule has 0 bridgehead atoms. The maximum absolute atomic E-state index is 12.8. The first-order chi connectivity index (χ1) is 15.3. The molecule has 0 aliphatic carbocycles. The third-order valence-electron chi connectivity index (χ3n) is 5.76. The Labute approximate surface area is 202 Å². The Morgan fingerprint density at radius 1 is 1.18 bits per heavy atom. The topological polar surface area (TPSA) is 61.8 Å². The number of aldehydes is 1. The van der Waals surface area contributed by atoms with Crippen LogP contribution in [0.1, 0.15) is 48.0 Å². The smallest absolute Gasteiger partial charge is 0.334 e. The molecule has 1 rings (SSSR count). The Morgan fingerprint density at radius 2 is 1.82 bits per heavy atom. The van der Waals surface area contributed by atoms with E-state index in [1.165, 1.54) is 5.57 Å². The molecule has 0 aromatic carbocycles. The number of ether oxygens (including phenoxy) is 2. The van der Waals surface area contributed by atoms with Gasteiger partial charge in [-0.25, -0.2) is 4.79 Å². The first-order valence-electron chi connectivity index (χ1n) is 11.9. The number of methoxy groups -OCH3 is 1. The van der Waals surface area contributed by atoms with Crippen molar-refractivity contribution in [1.29, 1.82) is 0 Å². The molecule has 0 N–H and O–H groups in total. The summed E-state index contributed by atoms with van der Waals surface area (Å²) in [7, 11) is -0.198. The molecule has 0 spiro atoms. The van der Waals surface area contributed by atoms with Gasteiger partial charge in [-0.05, 0) is 64.7 Å². The quantitative estimate of drug-likeness (QED) is 0.275. The summed E-state index contributed by atoms with van der Waals surface area (Å²) in [6.45, 7) is 18.6. The van der Waals surface area contributed by atoms with E-state index in [4.69, 9.17) is 13.9 Å². The van der Waals surface area contributed by atoms with E-state index in [0.29, 0.717) is 11.5 Å². The fourth-order valence-electron chi connectivity index (χ4n) is 4.22. The van der Waals surface area contributed by atoms with E-state index in [2.05, 4.69) is 52.6 Å². The lowest BCUT2D eigenvalue weighted by atomic mass is 9.87. The van der Waals surface area contributed by atoms with Gasteiger partial charge in [0.15, 0.2) is 8.32 Å². The van der Waals surface area contributed by atoms with Gasteiger partial charge in [-0.3, -0.25) is 0 Å². The van der Waals surface area contributed by atoms with Gasteiger partial charge < -0.3 is 18.7 Å². The molecular weight excluding hydrogens is 432 g/mol. The van der Waals surface area contributed by atoms with Crippen LogP contribution in [0.4, 0.5) is 0 Å². The molecule has 0 unspecified atom stereocenters. The van der Waals surface area contributed by atoms with E-state index in [0.717, 1.165) is 18.3 Å². The molecule has 1 aliphatic rings. The van der Waals surface area contributed by atoms with Gasteiger partial charge in [-0.2, -0.15) is 0 Å². The van der Waals surface area contributed by atoms with Crippen molar-refractivity contribution in [3.63, 3.8) is 0 Å². The monoisotopic (exact) mass is 476 g/mol. The van der Waals surface area contributed by atoms with Crippen LogP contribution in [-0.4, -0.2) is 46.0 Å². The summed E-state index contributed by atoms with van der Waals surface area (Å²) in [6.07, 6.45) is 10.4. The first-order valence-corrected chi connectivity index (χ1v) is 15.3. The average molecular weight is 477 g/mol. The molecule has 0 amide bonds. The van der Waals surface area contributed by atoms with Crippen molar-refractivity contribution in [2.45, 2.75) is 85.9 Å². The van der Waals surface area contributed by atoms with E-state index in [9.17, 15) is 9.59 Å². The fraction of sp³-hybridized carbons (Fsp3) is 0.630. The lowest BCUT2D eigenvalue weighted by Gasteiger charge is -2.34. The minimum atomic E-state index is -1.75. The van der Waals surface area contributed by atoms with Crippen molar-refractivity contribution in [3.8, 4) is 0 Å². The largest absolute Gasteiger partial charge is 0.455 e. The highest BCUT2D eigenvalue weighted by Gasteiger charge is 2.31. The normalized spacial score (nSPS) is 35.2. The molecule has 0 radical (unpaired) electrons. The van der Waals surface area contributed by atoms with Crippen LogP contribution in [-0.2, 0) is 23.5 Å². The highest BCUT2D eigenvalue weighted by atomic mass is 28.4. The molecule has 33 heavy (non-hydrogen) atoms. The predicted molar refractivity (Wildman–Crippen MR) is 137 cm³/mol. The maximum Gasteiger partial charge on any atom is 0.334 e. The second kappa shape index (κ2) is 13.2. The standard InChI is InChI=1S/C27H44O5Si/c1-18-12-11-13-24(30-7)26(23(6)17-28)31-27(29)22(5)16-19(2)15-21(4)25(20(3)14-18)32-33(8,9)10/h11-13,15-17,20-21,23-26H,14H2,1-10H3/b13-11+,18-12+,19-15+,22-16+/t20-,21+,23-,24-,25-,26+/m0/s1. The summed E-state index contributed by atoms with van der Waals surface area (Å²) in [5, 5.41) is 0. The van der Waals surface area contributed by atoms with Crippen molar-refractivity contribution in [3.05, 3.63) is 47.1 Å². The second-order valence-corrected chi connectivity index (χ2v) is 14.9. The molecule has 6 heteroatoms. The maximum atomic E-state index is 12.8. The number of cyclic esters (lactones) is 1. The molecule has 5 nitrogen and oxygen atoms in total. The van der Waals surface area contributed by atoms with Gasteiger partial charge in [-0.15, -0.1) is 0 Å². The molecule has 0 fully saturated rings. The van der Waals surface area contributed by atoms with Crippen molar-refractivity contribution in [1.82, 2.24) is 0 Å². The average Bonchev–Trinajstić information content (AvgIpc) is 2.71. The van der Waals surface area contributed by atoms with Crippen molar-refractivity contribution in [2.75, 3.05) is 7.11 Å². The van der Waals surface area contributed by atoms with Gasteiger partial charge in [0.05, 0.1) is 12.0 Å². The highest BCUT2D eigenvalue weighted by Crippen LogP contribution is 2.28. The van der Waals surface area contributed by atoms with Gasteiger partial charge in [0, 0.05) is 12.7 Å². The van der Waals surface area contributed by atoms with Crippen LogP contribution in [0.15, 0.2) is 47.1 Å². The molecule has 1 aliphatic heterocycles. The molecule has 0 saturated carbocycles. The third-order valence-corrected chi connectivity index (χ3v) is 6.74. The molecule has 0 saturated heterocycles. The fourth-order valence-corrected chi connectivity index (χ4v) is 5.48. The van der Waals surface area contributed by atoms with Crippen LogP contribution in [0.25, 0.3) is 0 Å². The van der Waals surface area contributed by atoms with Crippen molar-refractivity contribution >= 4 is 20.6 Å². The van der Waals surface area contributed by atoms with E-state index in [1.807, 2.05) is 25.2 Å². The molecule has 186 valence electrons. The zero-order valence-electron chi connectivity index (χ0n) is 22.2. The SMILES string of the molecule is CO[C@H]1/C=C/C=C(\C)C[C@H](C)[C@H](O[Si](C)(C)C)[C@H](C)/C=C(C)/C=C(\C)C(=O)O[C@@H]1[C@@H](C)C=O. The number of hydrogen-bond acceptors (Lipinski definition) is 5. The van der Waals surface area contributed by atoms with Crippen LogP contribution in [0.5, 0.6) is 0 Å². The van der Waals surface area contributed by atoms with E-state index < -0.39 is 32.4 Å². The van der Waals surface area contributed by atoms with Gasteiger partial charge >= 0.3 is 5.97 Å². The van der Waals surface area contributed by atoms with E-state index in [1.54, 1.807) is 21.0 Å². The van der Waals surface area contributed by atoms with Crippen LogP contribution < -0.4 is 0 Å². The summed E-state index contributed by atoms with van der Waals surface area (Å²) < 4.78 is 17.9. The minimum absolute atomic E-state index is 0.0806. The van der Waals surface area contributed by atoms with Gasteiger partial charge in [0.2, 0.25) is 0 Å². The minimum Gasteiger partial charge on any atom is -0.455 e. The number of hydrogen-bond donors (Lipinski definition) is 0. The number of allylic oxidation sites excluding steroid dienone is 5. The zero-order chi connectivity index (χ0) is 25.3. The number of carbonyl (C=O) groups is 2. The number of rotatable bonds is 5. The van der Waals surface area contributed by atoms with E-state index in [-0.39, 0.29) is 12.0 Å². The summed E-state index contributed by atoms with van der Waals surface area (Å²) in [4.78, 5) is 24.3. The lowest BCUT2D eigenvalue weighted by Crippen LogP contribution is -2.39. The second-order valence-electron chi connectivity index (χ2n) is 10.4. The summed E-state index contributed by atoms with van der Waals surface area (Å²) in [6, 6.07) is 0. The van der Waals surface area contributed by atoms with Crippen molar-refractivity contribution in [2.24, 2.45) is 17.8 Å². The highest BCUT2D eigenvalue weighted by molar-refractivity contribution is 6.69. The van der Waals surface area contributed by atoms with Crippen LogP contribution >= 0.6 is 0 Å². The summed E-state index contributed by atoms with van der Waals surface area (Å²) in [5.41, 5.74) is 2.69. The predicted octanol–water partition coefficient (Wildman–Crippen LogP) is 6.04. The first kappa shape index (κ1) is 29.3. The Hall–Kier alpha value is -1.76. The van der Waals surface area contributed by atoms with Crippen LogP contribution in [0.3, 0.4) is 0 Å². The van der Waals surface area contributed by atoms with Gasteiger partial charge in [0.25, 0.3) is 0 Å². The summed E-state index contributed by atoms with van der Waals surface area (Å²) in [5.74, 6) is -0.448. The lowest BCUT2D eigenvalue weighted by molar-refractivity contribution is -0.154. The Balaban J connectivity index is 3.47. The molecular formula is C27H44O5Si. The molecule has 1 heterocycles. The van der Waals surface area contributed by atoms with Crippen LogP contribution in [0, 0.1) is 17.8 Å².